The number of nitrogens with zero attached hydrogens (tertiary/aromatic N) is 1. The molecule has 0 fully saturated rings. The first-order valence-electron chi connectivity index (χ1n) is 11.5. The van der Waals surface area contributed by atoms with E-state index in [1.54, 1.807) is 31.9 Å². The molecule has 1 N–H and O–H groups in total. The van der Waals surface area contributed by atoms with Gasteiger partial charge >= 0.3 is 5.97 Å². The molecule has 0 aliphatic heterocycles. The van der Waals surface area contributed by atoms with Crippen LogP contribution in [0.1, 0.15) is 66.4 Å². The number of carbonyl (C=O) groups is 3. The Morgan fingerprint density at radius 3 is 2.28 bits per heavy atom. The highest BCUT2D eigenvalue weighted by molar-refractivity contribution is 5.89. The van der Waals surface area contributed by atoms with Crippen LogP contribution in [0.4, 0.5) is 0 Å². The summed E-state index contributed by atoms with van der Waals surface area (Å²) in [7, 11) is 1.70. The number of carbonyl (C=O) groups excluding carboxylic acids is 3. The second-order valence-corrected chi connectivity index (χ2v) is 8.70. The molecule has 0 spiro atoms. The highest BCUT2D eigenvalue weighted by Gasteiger charge is 2.35. The third kappa shape index (κ3) is 7.50. The third-order valence-corrected chi connectivity index (χ3v) is 6.04. The molecule has 0 aliphatic carbocycles. The maximum atomic E-state index is 13.0. The average molecular weight is 445 g/mol. The van der Waals surface area contributed by atoms with Crippen molar-refractivity contribution in [2.45, 2.75) is 72.3 Å². The van der Waals surface area contributed by atoms with Gasteiger partial charge in [-0.15, -0.1) is 0 Å². The van der Waals surface area contributed by atoms with Crippen molar-refractivity contribution in [2.75, 3.05) is 20.2 Å². The molecular weight excluding hydrogens is 404 g/mol. The molecule has 2 amide bonds. The van der Waals surface area contributed by atoms with Gasteiger partial charge in [0.1, 0.15) is 0 Å². The van der Waals surface area contributed by atoms with Crippen LogP contribution in [0, 0.1) is 5.92 Å². The summed E-state index contributed by atoms with van der Waals surface area (Å²) in [5.74, 6) is -0.970. The second-order valence-electron chi connectivity index (χ2n) is 8.70. The SMILES string of the molecule is CCC[C@@H](/C=C(\C)C(=O)OCC)N(C)C(=O)CNC(=O)[C@@H](CC)C(C)(C)c1ccccc1. The first-order chi connectivity index (χ1) is 15.1. The van der Waals surface area contributed by atoms with E-state index in [1.807, 2.05) is 44.2 Å². The lowest BCUT2D eigenvalue weighted by Gasteiger charge is -2.33. The Bertz CT molecular complexity index is 786. The van der Waals surface area contributed by atoms with Gasteiger partial charge in [0, 0.05) is 24.0 Å². The van der Waals surface area contributed by atoms with Crippen molar-refractivity contribution < 1.29 is 19.1 Å². The number of likely N-dealkylation sites (N-methyl/N-ethyl adjacent to an activating group) is 1. The second kappa shape index (κ2) is 13.0. The van der Waals surface area contributed by atoms with Gasteiger partial charge in [-0.05, 0) is 32.3 Å². The highest BCUT2D eigenvalue weighted by Crippen LogP contribution is 2.33. The number of ether oxygens (including phenoxy) is 1. The van der Waals surface area contributed by atoms with Crippen molar-refractivity contribution in [2.24, 2.45) is 5.92 Å². The Hall–Kier alpha value is -2.63. The zero-order chi connectivity index (χ0) is 24.3. The van der Waals surface area contributed by atoms with E-state index in [1.165, 1.54) is 0 Å². The average Bonchev–Trinajstić information content (AvgIpc) is 2.77. The summed E-state index contributed by atoms with van der Waals surface area (Å²) in [6, 6.07) is 9.72. The Morgan fingerprint density at radius 1 is 1.12 bits per heavy atom. The van der Waals surface area contributed by atoms with Crippen molar-refractivity contribution in [1.82, 2.24) is 10.2 Å². The molecule has 178 valence electrons. The fraction of sp³-hybridized carbons (Fsp3) is 0.577. The standard InChI is InChI=1S/C26H40N2O4/c1-8-14-21(17-19(4)25(31)32-10-3)28(7)23(29)18-27-24(30)22(9-2)26(5,6)20-15-12-11-13-16-20/h11-13,15-17,21-22H,8-10,14,18H2,1-7H3,(H,27,30)/b19-17+/t21-,22+/m0/s1. The van der Waals surface area contributed by atoms with Crippen molar-refractivity contribution in [3.8, 4) is 0 Å². The predicted molar refractivity (Wildman–Crippen MR) is 128 cm³/mol. The molecule has 0 aromatic heterocycles. The normalized spacial score (nSPS) is 13.8. The molecule has 32 heavy (non-hydrogen) atoms. The van der Waals surface area contributed by atoms with Gasteiger partial charge < -0.3 is 15.0 Å². The summed E-state index contributed by atoms with van der Waals surface area (Å²) in [4.78, 5) is 39.4. The number of benzene rings is 1. The lowest BCUT2D eigenvalue weighted by Crippen LogP contribution is -2.47. The van der Waals surface area contributed by atoms with E-state index in [2.05, 4.69) is 19.2 Å². The monoisotopic (exact) mass is 444 g/mol. The van der Waals surface area contributed by atoms with Crippen LogP contribution in [0.25, 0.3) is 0 Å². The zero-order valence-corrected chi connectivity index (χ0v) is 20.7. The summed E-state index contributed by atoms with van der Waals surface area (Å²) in [5, 5.41) is 2.84. The number of esters is 1. The maximum Gasteiger partial charge on any atom is 0.333 e. The number of hydrogen-bond acceptors (Lipinski definition) is 4. The molecule has 0 bridgehead atoms. The van der Waals surface area contributed by atoms with E-state index >= 15 is 0 Å². The summed E-state index contributed by atoms with van der Waals surface area (Å²) in [6.45, 7) is 11.8. The molecule has 6 heteroatoms. The molecule has 1 rings (SSSR count). The minimum atomic E-state index is -0.378. The quantitative estimate of drug-likeness (QED) is 0.386. The van der Waals surface area contributed by atoms with E-state index in [4.69, 9.17) is 4.74 Å². The fourth-order valence-corrected chi connectivity index (χ4v) is 3.97. The Kier molecular flexibility index (Phi) is 11.2. The molecule has 0 heterocycles. The summed E-state index contributed by atoms with van der Waals surface area (Å²) < 4.78 is 5.04. The van der Waals surface area contributed by atoms with E-state index in [0.717, 1.165) is 12.0 Å². The first-order valence-corrected chi connectivity index (χ1v) is 11.5. The van der Waals surface area contributed by atoms with Gasteiger partial charge in [0.15, 0.2) is 0 Å². The van der Waals surface area contributed by atoms with Crippen LogP contribution < -0.4 is 5.32 Å². The Labute approximate surface area is 193 Å². The van der Waals surface area contributed by atoms with E-state index in [9.17, 15) is 14.4 Å². The largest absolute Gasteiger partial charge is 0.463 e. The molecule has 0 aliphatic rings. The molecule has 1 aromatic carbocycles. The van der Waals surface area contributed by atoms with Crippen molar-refractivity contribution >= 4 is 17.8 Å². The highest BCUT2D eigenvalue weighted by atomic mass is 16.5. The van der Waals surface area contributed by atoms with Crippen molar-refractivity contribution in [3.63, 3.8) is 0 Å². The van der Waals surface area contributed by atoms with Crippen LogP contribution in [-0.2, 0) is 24.5 Å². The van der Waals surface area contributed by atoms with Gasteiger partial charge in [-0.1, -0.05) is 70.5 Å². The minimum Gasteiger partial charge on any atom is -0.463 e. The lowest BCUT2D eigenvalue weighted by atomic mass is 9.71. The Balaban J connectivity index is 2.85. The van der Waals surface area contributed by atoms with Crippen LogP contribution in [0.15, 0.2) is 42.0 Å². The number of rotatable bonds is 12. The van der Waals surface area contributed by atoms with E-state index in [0.29, 0.717) is 25.0 Å². The van der Waals surface area contributed by atoms with Gasteiger partial charge in [0.25, 0.3) is 0 Å². The van der Waals surface area contributed by atoms with Crippen LogP contribution in [0.2, 0.25) is 0 Å². The molecule has 1 aromatic rings. The van der Waals surface area contributed by atoms with Gasteiger partial charge in [-0.3, -0.25) is 9.59 Å². The Morgan fingerprint density at radius 2 is 1.75 bits per heavy atom. The van der Waals surface area contributed by atoms with Gasteiger partial charge in [0.2, 0.25) is 11.8 Å². The summed E-state index contributed by atoms with van der Waals surface area (Å²) >= 11 is 0. The molecular formula is C26H40N2O4. The summed E-state index contributed by atoms with van der Waals surface area (Å²) in [6.07, 6.45) is 4.00. The third-order valence-electron chi connectivity index (χ3n) is 6.04. The van der Waals surface area contributed by atoms with Gasteiger partial charge in [0.05, 0.1) is 19.2 Å². The molecule has 0 radical (unpaired) electrons. The molecule has 0 unspecified atom stereocenters. The molecule has 0 saturated carbocycles. The van der Waals surface area contributed by atoms with Crippen LogP contribution in [0.3, 0.4) is 0 Å². The van der Waals surface area contributed by atoms with E-state index in [-0.39, 0.29) is 41.7 Å². The van der Waals surface area contributed by atoms with Crippen LogP contribution in [-0.4, -0.2) is 48.9 Å². The van der Waals surface area contributed by atoms with Crippen molar-refractivity contribution in [1.29, 1.82) is 0 Å². The maximum absolute atomic E-state index is 13.0. The first kappa shape index (κ1) is 27.4. The molecule has 0 saturated heterocycles. The number of nitrogens with one attached hydrogen (secondary N) is 1. The molecule has 6 nitrogen and oxygen atoms in total. The van der Waals surface area contributed by atoms with Gasteiger partial charge in [-0.25, -0.2) is 4.79 Å². The fourth-order valence-electron chi connectivity index (χ4n) is 3.97. The predicted octanol–water partition coefficient (Wildman–Crippen LogP) is 4.24. The lowest BCUT2D eigenvalue weighted by molar-refractivity contribution is -0.138. The molecule has 2 atom stereocenters. The van der Waals surface area contributed by atoms with Crippen LogP contribution in [0.5, 0.6) is 0 Å². The topological polar surface area (TPSA) is 75.7 Å². The van der Waals surface area contributed by atoms with Crippen molar-refractivity contribution in [3.05, 3.63) is 47.5 Å². The minimum absolute atomic E-state index is 0.0801. The number of hydrogen-bond donors (Lipinski definition) is 1. The van der Waals surface area contributed by atoms with E-state index < -0.39 is 0 Å². The smallest absolute Gasteiger partial charge is 0.333 e. The summed E-state index contributed by atoms with van der Waals surface area (Å²) in [5.41, 5.74) is 1.21. The number of amides is 2. The van der Waals surface area contributed by atoms with Gasteiger partial charge in [-0.2, -0.15) is 0 Å². The zero-order valence-electron chi connectivity index (χ0n) is 20.7. The van der Waals surface area contributed by atoms with Crippen LogP contribution >= 0.6 is 0 Å².